The molecule has 0 radical (unpaired) electrons. The molecule has 16 heavy (non-hydrogen) atoms. The third-order valence-corrected chi connectivity index (χ3v) is 3.11. The molecule has 3 nitrogen and oxygen atoms in total. The molecule has 0 aliphatic heterocycles. The third-order valence-electron chi connectivity index (χ3n) is 2.03. The summed E-state index contributed by atoms with van der Waals surface area (Å²) in [6.45, 7) is 0. The Hall–Kier alpha value is -1.07. The number of hydrogen-bond donors (Lipinski definition) is 1. The molecule has 0 amide bonds. The van der Waals surface area contributed by atoms with Crippen LogP contribution in [0.2, 0.25) is 0 Å². The molecular formula is C11H9BrN2OS. The third kappa shape index (κ3) is 2.54. The molecule has 1 heterocycles. The summed E-state index contributed by atoms with van der Waals surface area (Å²) in [7, 11) is 0. The number of thioether (sulfide) groups is 1. The van der Waals surface area contributed by atoms with Gasteiger partial charge in [-0.15, -0.1) is 0 Å². The maximum absolute atomic E-state index is 11.4. The Bertz CT molecular complexity index is 568. The van der Waals surface area contributed by atoms with Gasteiger partial charge in [0.05, 0.1) is 5.69 Å². The molecule has 0 saturated carbocycles. The van der Waals surface area contributed by atoms with Gasteiger partial charge in [0.25, 0.3) is 5.56 Å². The largest absolute Gasteiger partial charge is 0.301 e. The minimum atomic E-state index is -0.130. The molecule has 1 N–H and O–H groups in total. The van der Waals surface area contributed by atoms with Crippen LogP contribution in [-0.4, -0.2) is 16.2 Å². The van der Waals surface area contributed by atoms with Crippen molar-refractivity contribution in [1.82, 2.24) is 9.97 Å². The molecule has 0 bridgehead atoms. The maximum Gasteiger partial charge on any atom is 0.252 e. The van der Waals surface area contributed by atoms with E-state index in [2.05, 4.69) is 25.9 Å². The summed E-state index contributed by atoms with van der Waals surface area (Å²) < 4.78 is 0.970. The van der Waals surface area contributed by atoms with Gasteiger partial charge in [0, 0.05) is 16.1 Å². The molecule has 0 saturated heterocycles. The lowest BCUT2D eigenvalue weighted by molar-refractivity contribution is 0.945. The number of hydrogen-bond acceptors (Lipinski definition) is 3. The molecule has 0 aliphatic rings. The molecule has 2 rings (SSSR count). The van der Waals surface area contributed by atoms with Crippen molar-refractivity contribution < 1.29 is 0 Å². The Kier molecular flexibility index (Phi) is 3.46. The first-order valence-corrected chi connectivity index (χ1v) is 6.62. The number of aromatic nitrogens is 2. The van der Waals surface area contributed by atoms with Crippen LogP contribution in [0.25, 0.3) is 11.3 Å². The molecule has 2 aromatic rings. The smallest absolute Gasteiger partial charge is 0.252 e. The Morgan fingerprint density at radius 3 is 2.88 bits per heavy atom. The number of H-pyrrole nitrogens is 1. The lowest BCUT2D eigenvalue weighted by Crippen LogP contribution is -2.07. The van der Waals surface area contributed by atoms with Crippen LogP contribution in [0.15, 0.2) is 44.8 Å². The fraction of sp³-hybridized carbons (Fsp3) is 0.0909. The fourth-order valence-electron chi connectivity index (χ4n) is 1.33. The van der Waals surface area contributed by atoms with E-state index in [0.29, 0.717) is 10.9 Å². The number of nitrogens with one attached hydrogen (secondary N) is 1. The zero-order chi connectivity index (χ0) is 11.5. The molecule has 82 valence electrons. The quantitative estimate of drug-likeness (QED) is 0.685. The van der Waals surface area contributed by atoms with Gasteiger partial charge in [-0.3, -0.25) is 4.79 Å². The van der Waals surface area contributed by atoms with Gasteiger partial charge in [0.1, 0.15) is 0 Å². The van der Waals surface area contributed by atoms with Crippen LogP contribution in [0.3, 0.4) is 0 Å². The van der Waals surface area contributed by atoms with Crippen molar-refractivity contribution in [3.8, 4) is 11.3 Å². The van der Waals surface area contributed by atoms with Gasteiger partial charge in [-0.1, -0.05) is 39.8 Å². The second-order valence-electron chi connectivity index (χ2n) is 3.15. The van der Waals surface area contributed by atoms with Gasteiger partial charge >= 0.3 is 0 Å². The van der Waals surface area contributed by atoms with Gasteiger partial charge in [0.2, 0.25) is 0 Å². The SMILES string of the molecule is CSc1nc(-c2cccc(Br)c2)cc(=O)[nH]1. The summed E-state index contributed by atoms with van der Waals surface area (Å²) in [5, 5.41) is 0.627. The molecule has 5 heteroatoms. The van der Waals surface area contributed by atoms with E-state index in [9.17, 15) is 4.79 Å². The van der Waals surface area contributed by atoms with E-state index in [4.69, 9.17) is 0 Å². The molecule has 1 aromatic heterocycles. The molecule has 0 atom stereocenters. The van der Waals surface area contributed by atoms with E-state index in [0.717, 1.165) is 10.0 Å². The van der Waals surface area contributed by atoms with Crippen LogP contribution in [0.1, 0.15) is 0 Å². The van der Waals surface area contributed by atoms with Crippen molar-refractivity contribution in [2.75, 3.05) is 6.26 Å². The summed E-state index contributed by atoms with van der Waals surface area (Å²) >= 11 is 4.81. The highest BCUT2D eigenvalue weighted by Gasteiger charge is 2.03. The van der Waals surface area contributed by atoms with Crippen LogP contribution in [0, 0.1) is 0 Å². The van der Waals surface area contributed by atoms with Gasteiger partial charge in [-0.25, -0.2) is 4.98 Å². The van der Waals surface area contributed by atoms with Crippen molar-refractivity contribution >= 4 is 27.7 Å². The highest BCUT2D eigenvalue weighted by atomic mass is 79.9. The van der Waals surface area contributed by atoms with Crippen molar-refractivity contribution in [3.63, 3.8) is 0 Å². The highest BCUT2D eigenvalue weighted by molar-refractivity contribution is 9.10. The first-order valence-electron chi connectivity index (χ1n) is 4.60. The summed E-state index contributed by atoms with van der Waals surface area (Å²) in [5.74, 6) is 0. The van der Waals surface area contributed by atoms with Gasteiger partial charge < -0.3 is 4.98 Å². The maximum atomic E-state index is 11.4. The predicted octanol–water partition coefficient (Wildman–Crippen LogP) is 2.92. The topological polar surface area (TPSA) is 45.8 Å². The number of benzene rings is 1. The van der Waals surface area contributed by atoms with E-state index >= 15 is 0 Å². The van der Waals surface area contributed by atoms with Crippen LogP contribution in [0.4, 0.5) is 0 Å². The summed E-state index contributed by atoms with van der Waals surface area (Å²) in [4.78, 5) is 18.4. The monoisotopic (exact) mass is 296 g/mol. The minimum Gasteiger partial charge on any atom is -0.301 e. The summed E-state index contributed by atoms with van der Waals surface area (Å²) in [6.07, 6.45) is 1.88. The lowest BCUT2D eigenvalue weighted by Gasteiger charge is -2.02. The van der Waals surface area contributed by atoms with Crippen molar-refractivity contribution in [1.29, 1.82) is 0 Å². The van der Waals surface area contributed by atoms with Crippen LogP contribution >= 0.6 is 27.7 Å². The molecule has 0 aliphatic carbocycles. The number of halogens is 1. The predicted molar refractivity (Wildman–Crippen MR) is 69.8 cm³/mol. The zero-order valence-corrected chi connectivity index (χ0v) is 10.9. The van der Waals surface area contributed by atoms with Crippen molar-refractivity contribution in [2.45, 2.75) is 5.16 Å². The fourth-order valence-corrected chi connectivity index (χ4v) is 2.12. The Morgan fingerprint density at radius 1 is 1.38 bits per heavy atom. The molecular weight excluding hydrogens is 288 g/mol. The highest BCUT2D eigenvalue weighted by Crippen LogP contribution is 2.21. The first kappa shape index (κ1) is 11.4. The van der Waals surface area contributed by atoms with Crippen LogP contribution < -0.4 is 5.56 Å². The second-order valence-corrected chi connectivity index (χ2v) is 4.86. The van der Waals surface area contributed by atoms with E-state index in [1.807, 2.05) is 30.5 Å². The van der Waals surface area contributed by atoms with Gasteiger partial charge in [-0.05, 0) is 18.4 Å². The number of nitrogens with zero attached hydrogens (tertiary/aromatic N) is 1. The minimum absolute atomic E-state index is 0.130. The molecule has 1 aromatic carbocycles. The van der Waals surface area contributed by atoms with Crippen molar-refractivity contribution in [2.24, 2.45) is 0 Å². The summed E-state index contributed by atoms with van der Waals surface area (Å²) in [5.41, 5.74) is 1.49. The van der Waals surface area contributed by atoms with E-state index in [1.165, 1.54) is 17.8 Å². The van der Waals surface area contributed by atoms with E-state index in [1.54, 1.807) is 0 Å². The zero-order valence-electron chi connectivity index (χ0n) is 8.53. The molecule has 0 spiro atoms. The van der Waals surface area contributed by atoms with Crippen LogP contribution in [0.5, 0.6) is 0 Å². The average molecular weight is 297 g/mol. The number of rotatable bonds is 2. The second kappa shape index (κ2) is 4.84. The number of aromatic amines is 1. The first-order chi connectivity index (χ1) is 7.69. The average Bonchev–Trinajstić information content (AvgIpc) is 2.28. The van der Waals surface area contributed by atoms with Gasteiger partial charge in [0.15, 0.2) is 5.16 Å². The van der Waals surface area contributed by atoms with Crippen LogP contribution in [-0.2, 0) is 0 Å². The standard InChI is InChI=1S/C11H9BrN2OS/c1-16-11-13-9(6-10(15)14-11)7-3-2-4-8(12)5-7/h2-6H,1H3,(H,13,14,15). The normalized spacial score (nSPS) is 10.4. The lowest BCUT2D eigenvalue weighted by atomic mass is 10.1. The van der Waals surface area contributed by atoms with E-state index < -0.39 is 0 Å². The van der Waals surface area contributed by atoms with Crippen molar-refractivity contribution in [3.05, 3.63) is 45.2 Å². The Balaban J connectivity index is 2.55. The van der Waals surface area contributed by atoms with Gasteiger partial charge in [-0.2, -0.15) is 0 Å². The molecule has 0 unspecified atom stereocenters. The Morgan fingerprint density at radius 2 is 2.19 bits per heavy atom. The molecule has 0 fully saturated rings. The van der Waals surface area contributed by atoms with E-state index in [-0.39, 0.29) is 5.56 Å². The Labute approximate surface area is 105 Å². The summed E-state index contributed by atoms with van der Waals surface area (Å²) in [6, 6.07) is 9.22.